The smallest absolute Gasteiger partial charge is 0.339 e. The second-order valence-corrected chi connectivity index (χ2v) is 43.9. The average Bonchev–Trinajstić information content (AvgIpc) is 1.76. The fourth-order valence-corrected chi connectivity index (χ4v) is 23.2. The van der Waals surface area contributed by atoms with Crippen LogP contribution < -0.4 is 0 Å². The van der Waals surface area contributed by atoms with Gasteiger partial charge in [-0.15, -0.1) is 0 Å². The van der Waals surface area contributed by atoms with Crippen LogP contribution in [0.4, 0.5) is 17.6 Å². The van der Waals surface area contributed by atoms with Gasteiger partial charge >= 0.3 is 35.8 Å². The van der Waals surface area contributed by atoms with Crippen molar-refractivity contribution in [2.24, 2.45) is 0 Å². The Labute approximate surface area is 672 Å². The molecule has 0 aromatic heterocycles. The van der Waals surface area contributed by atoms with Crippen molar-refractivity contribution in [1.82, 2.24) is 0 Å². The third-order valence-electron chi connectivity index (χ3n) is 10.7. The molecule has 670 valence electrons. The van der Waals surface area contributed by atoms with E-state index < -0.39 is 289 Å². The van der Waals surface area contributed by atoms with E-state index >= 15 is 0 Å². The number of halogens is 8. The van der Waals surface area contributed by atoms with Crippen molar-refractivity contribution in [2.45, 2.75) is 56.4 Å². The van der Waals surface area contributed by atoms with Gasteiger partial charge in [0.05, 0.1) is 26.4 Å². The molecule has 0 aromatic rings. The molecule has 0 N–H and O–H groups in total. The van der Waals surface area contributed by atoms with E-state index in [1.807, 2.05) is 0 Å². The van der Waals surface area contributed by atoms with Crippen LogP contribution in [0.1, 0.15) is 19.8 Å². The van der Waals surface area contributed by atoms with Crippen LogP contribution in [-0.2, 0) is 238 Å². The SMILES string of the molecule is CCOCCOC(=O)C1COS(=O)(=O)CS(=O)(=O)O1.COCCOC(=O)C1COS(=O)(=O)CS(=O)(=O)O1.O=C(OCC=C(Cl)Cl)C1COS(=O)(=O)CS(=O)(=O)O1.O=C(OCC=C(F)F)C1COS(=O)(=O)CS(=O)(=O)O1.O=C(OCCC=C(Cl)Cl)C1COS(=O)(=O)CS(=O)(=O)O1.O=C(OCCC=C(F)F)C1COS(=O)(=O)CS(=O)(=O)O1. The Morgan fingerprint density at radius 3 is 0.748 bits per heavy atom. The van der Waals surface area contributed by atoms with E-state index in [9.17, 15) is 147 Å². The van der Waals surface area contributed by atoms with Gasteiger partial charge in [-0.2, -0.15) is 119 Å². The van der Waals surface area contributed by atoms with Crippen LogP contribution in [0.3, 0.4) is 0 Å². The fraction of sp³-hybridized carbons (Fsp3) is 0.689. The van der Waals surface area contributed by atoms with Gasteiger partial charge < -0.3 is 37.9 Å². The minimum Gasteiger partial charge on any atom is -0.463 e. The van der Waals surface area contributed by atoms with Crippen LogP contribution in [0.25, 0.3) is 0 Å². The Hall–Kier alpha value is -4.50. The van der Waals surface area contributed by atoms with Crippen molar-refractivity contribution in [1.29, 1.82) is 0 Å². The zero-order chi connectivity index (χ0) is 88.5. The van der Waals surface area contributed by atoms with Crippen LogP contribution in [0.15, 0.2) is 45.4 Å². The van der Waals surface area contributed by atoms with E-state index in [-0.39, 0.29) is 67.5 Å². The van der Waals surface area contributed by atoms with E-state index in [0.29, 0.717) is 12.7 Å². The molecular weight excluding hydrogens is 1940 g/mol. The molecule has 6 rings (SSSR count). The maximum Gasteiger partial charge on any atom is 0.339 e. The van der Waals surface area contributed by atoms with Gasteiger partial charge in [-0.1, -0.05) is 52.5 Å². The summed E-state index contributed by atoms with van der Waals surface area (Å²) >= 11 is 21.2. The van der Waals surface area contributed by atoms with E-state index in [2.05, 4.69) is 83.4 Å². The van der Waals surface area contributed by atoms with Crippen molar-refractivity contribution < 1.29 is 235 Å². The lowest BCUT2D eigenvalue weighted by Crippen LogP contribution is -2.32. The van der Waals surface area contributed by atoms with Crippen molar-refractivity contribution in [2.75, 3.05) is 137 Å². The van der Waals surface area contributed by atoms with E-state index in [1.54, 1.807) is 6.92 Å². The van der Waals surface area contributed by atoms with Gasteiger partial charge in [0.1, 0.15) is 75.1 Å². The summed E-state index contributed by atoms with van der Waals surface area (Å²) in [7, 11) is -51.2. The fourth-order valence-electron chi connectivity index (χ4n) is 6.45. The number of esters is 6. The summed E-state index contributed by atoms with van der Waals surface area (Å²) in [6.07, 6.45) is -11.2. The Morgan fingerprint density at radius 1 is 0.304 bits per heavy atom. The first-order valence-electron chi connectivity index (χ1n) is 29.3. The van der Waals surface area contributed by atoms with Crippen LogP contribution in [-0.4, -0.2) is 310 Å². The Kier molecular flexibility index (Phi) is 46.1. The molecule has 0 spiro atoms. The molecule has 6 atom stereocenters. The first-order chi connectivity index (χ1) is 52.5. The summed E-state index contributed by atoms with van der Waals surface area (Å²) in [5.41, 5.74) is 0. The molecule has 0 aromatic carbocycles. The molecular formula is C45H62Cl4F4O50S12. The van der Waals surface area contributed by atoms with Crippen LogP contribution in [0.5, 0.6) is 0 Å². The van der Waals surface area contributed by atoms with Gasteiger partial charge in [-0.3, -0.25) is 50.2 Å². The number of hydrogen-bond acceptors (Lipinski definition) is 50. The van der Waals surface area contributed by atoms with Gasteiger partial charge in [0.25, 0.3) is 134 Å². The zero-order valence-electron chi connectivity index (χ0n) is 57.4. The quantitative estimate of drug-likeness (QED) is 0.0310. The summed E-state index contributed by atoms with van der Waals surface area (Å²) < 4.78 is 403. The predicted molar refractivity (Wildman–Crippen MR) is 365 cm³/mol. The molecule has 0 bridgehead atoms. The van der Waals surface area contributed by atoms with E-state index in [1.165, 1.54) is 13.2 Å². The van der Waals surface area contributed by atoms with E-state index in [4.69, 9.17) is 51.1 Å². The third-order valence-corrected chi connectivity index (χ3v) is 31.3. The van der Waals surface area contributed by atoms with Crippen molar-refractivity contribution in [3.63, 3.8) is 0 Å². The molecule has 6 aliphatic rings. The van der Waals surface area contributed by atoms with Gasteiger partial charge in [-0.25, -0.2) is 28.8 Å². The molecule has 50 nitrogen and oxygen atoms in total. The highest BCUT2D eigenvalue weighted by molar-refractivity contribution is 8.06. The summed E-state index contributed by atoms with van der Waals surface area (Å²) in [4.78, 5) is 68.5. The molecule has 0 amide bonds. The molecule has 0 aliphatic carbocycles. The number of rotatable bonds is 23. The third kappa shape index (κ3) is 50.4. The maximum absolute atomic E-state index is 11.7. The predicted octanol–water partition coefficient (Wildman–Crippen LogP) is -3.97. The summed E-state index contributed by atoms with van der Waals surface area (Å²) in [6.45, 7) is -4.30. The monoisotopic (exact) mass is 2000 g/mol. The standard InChI is InChI=1S/C8H10Cl2O8S2.C8H10F2O8S2.C8H14O9S2.C7H8Cl2O8S2.C7H8F2O8S2.C7H12O9S2/c2*9-7(10)2-1-3-16-8(11)6-4-17-19(12,13)5-20(14,15)18-6;1-2-14-3-4-15-8(9)7-5-16-18(10,11)6-19(12,13)17-7;2*8-6(9)1-2-15-7(10)5-3-16-18(11,12)4-19(13,14)17-5;1-13-2-3-14-7(8)6-4-15-17(9,10)5-18(11,12)16-6/h2*2,6H,1,3-5H2;7H,2-6H2,1H3;2*1,5H,2-4H2;6H,2-5H2,1H3. The highest BCUT2D eigenvalue weighted by Crippen LogP contribution is 2.21. The number of carbonyl (C=O) groups is 6. The largest absolute Gasteiger partial charge is 0.463 e. The van der Waals surface area contributed by atoms with Crippen molar-refractivity contribution in [3.05, 3.63) is 45.4 Å². The lowest BCUT2D eigenvalue weighted by Gasteiger charge is -2.12. The second-order valence-electron chi connectivity index (χ2n) is 20.3. The first kappa shape index (κ1) is 109. The van der Waals surface area contributed by atoms with Crippen molar-refractivity contribution >= 4 is 204 Å². The lowest BCUT2D eigenvalue weighted by atomic mass is 10.4. The lowest BCUT2D eigenvalue weighted by molar-refractivity contribution is -0.155. The summed E-state index contributed by atoms with van der Waals surface area (Å²) in [5, 5.41) is -8.24. The molecule has 70 heteroatoms. The average molecular weight is 2010 g/mol. The van der Waals surface area contributed by atoms with Gasteiger partial charge in [0.2, 0.25) is 30.5 Å². The Balaban J connectivity index is 0.000000690. The van der Waals surface area contributed by atoms with Gasteiger partial charge in [0, 0.05) is 32.6 Å². The molecule has 6 aliphatic heterocycles. The topological polar surface area (TPSA) is 697 Å². The number of hydrogen-bond donors (Lipinski definition) is 0. The van der Waals surface area contributed by atoms with Crippen LogP contribution in [0, 0.1) is 0 Å². The highest BCUT2D eigenvalue weighted by atomic mass is 35.5. The molecule has 6 unspecified atom stereocenters. The first-order valence-corrected chi connectivity index (χ1v) is 49.7. The Bertz CT molecular complexity index is 4720. The second kappa shape index (κ2) is 48.8. The molecule has 0 radical (unpaired) electrons. The maximum atomic E-state index is 11.7. The zero-order valence-corrected chi connectivity index (χ0v) is 70.2. The summed E-state index contributed by atoms with van der Waals surface area (Å²) in [6, 6.07) is 0. The normalized spacial score (nSPS) is 25.1. The van der Waals surface area contributed by atoms with E-state index in [0.717, 1.165) is 6.08 Å². The molecule has 6 heterocycles. The van der Waals surface area contributed by atoms with Crippen molar-refractivity contribution in [3.8, 4) is 0 Å². The highest BCUT2D eigenvalue weighted by Gasteiger charge is 2.43. The van der Waals surface area contributed by atoms with Gasteiger partial charge in [-0.05, 0) is 19.1 Å². The number of methoxy groups -OCH3 is 1. The minimum atomic E-state index is -4.54. The Morgan fingerprint density at radius 2 is 0.522 bits per heavy atom. The van der Waals surface area contributed by atoms with Crippen LogP contribution in [0.2, 0.25) is 0 Å². The number of ether oxygens (including phenoxy) is 8. The molecule has 6 fully saturated rings. The summed E-state index contributed by atoms with van der Waals surface area (Å²) in [5.74, 6) is -6.80. The minimum absolute atomic E-state index is 0.0104. The molecule has 0 saturated carbocycles. The molecule has 115 heavy (non-hydrogen) atoms. The molecule has 6 saturated heterocycles. The van der Waals surface area contributed by atoms with Crippen LogP contribution >= 0.6 is 46.4 Å². The number of carbonyl (C=O) groups excluding carboxylic acids is 6. The van der Waals surface area contributed by atoms with Gasteiger partial charge in [0.15, 0.2) is 36.6 Å².